The van der Waals surface area contributed by atoms with Crippen LogP contribution in [0.15, 0.2) is 192 Å². The summed E-state index contributed by atoms with van der Waals surface area (Å²) in [5.74, 6) is 1.69. The smallest absolute Gasteiger partial charge is 0.213 e. The number of hydrogen-bond donors (Lipinski definition) is 0. The van der Waals surface area contributed by atoms with E-state index in [0.29, 0.717) is 0 Å². The first kappa shape index (κ1) is 30.0. The molecule has 0 unspecified atom stereocenters. The van der Waals surface area contributed by atoms with Gasteiger partial charge in [0, 0.05) is 44.2 Å². The Labute approximate surface area is 316 Å². The van der Waals surface area contributed by atoms with E-state index in [9.17, 15) is 0 Å². The average Bonchev–Trinajstić information content (AvgIpc) is 3.90. The molecular formula is C50H31N3O2. The van der Waals surface area contributed by atoms with Crippen molar-refractivity contribution in [1.29, 1.82) is 0 Å². The van der Waals surface area contributed by atoms with Gasteiger partial charge in [0.1, 0.15) is 5.58 Å². The number of ether oxygens (including phenoxy) is 1. The van der Waals surface area contributed by atoms with E-state index in [1.807, 2.05) is 30.3 Å². The Morgan fingerprint density at radius 1 is 0.400 bits per heavy atom. The molecule has 4 heterocycles. The van der Waals surface area contributed by atoms with E-state index in [1.165, 1.54) is 16.2 Å². The summed E-state index contributed by atoms with van der Waals surface area (Å²) in [6, 6.07) is 66.4. The predicted molar refractivity (Wildman–Crippen MR) is 225 cm³/mol. The fraction of sp³-hybridized carbons (Fsp3) is 0. The van der Waals surface area contributed by atoms with Gasteiger partial charge in [-0.1, -0.05) is 109 Å². The third-order valence-corrected chi connectivity index (χ3v) is 11.1. The molecule has 1 aliphatic rings. The highest BCUT2D eigenvalue weighted by Gasteiger charge is 2.26. The number of benzene rings is 8. The average molecular weight is 706 g/mol. The van der Waals surface area contributed by atoms with Gasteiger partial charge < -0.3 is 18.6 Å². The SMILES string of the molecule is c1ccc(-n2c3oc4ccccc4c3c3cccc(-c4ccc(-n5c6ccccc6c6cc(N7c8ccccc8Oc8ccccc87)ccc65)cc4)c32)cc1. The highest BCUT2D eigenvalue weighted by molar-refractivity contribution is 6.22. The van der Waals surface area contributed by atoms with Crippen LogP contribution >= 0.6 is 0 Å². The first-order chi connectivity index (χ1) is 27.3. The molecule has 0 spiro atoms. The summed E-state index contributed by atoms with van der Waals surface area (Å²) in [6.45, 7) is 0. The van der Waals surface area contributed by atoms with Crippen molar-refractivity contribution in [2.24, 2.45) is 0 Å². The largest absolute Gasteiger partial charge is 0.453 e. The fourth-order valence-corrected chi connectivity index (χ4v) is 8.75. The summed E-state index contributed by atoms with van der Waals surface area (Å²) in [5, 5.41) is 5.84. The van der Waals surface area contributed by atoms with E-state index in [1.54, 1.807) is 0 Å². The zero-order chi connectivity index (χ0) is 36.0. The van der Waals surface area contributed by atoms with Gasteiger partial charge in [-0.15, -0.1) is 0 Å². The molecule has 55 heavy (non-hydrogen) atoms. The maximum absolute atomic E-state index is 6.60. The first-order valence-electron chi connectivity index (χ1n) is 18.6. The predicted octanol–water partition coefficient (Wildman–Crippen LogP) is 13.9. The van der Waals surface area contributed by atoms with Crippen LogP contribution in [0.5, 0.6) is 11.5 Å². The number of hydrogen-bond acceptors (Lipinski definition) is 3. The van der Waals surface area contributed by atoms with Crippen LogP contribution in [0.4, 0.5) is 17.1 Å². The van der Waals surface area contributed by atoms with E-state index < -0.39 is 0 Å². The monoisotopic (exact) mass is 705 g/mol. The summed E-state index contributed by atoms with van der Waals surface area (Å²) in [6.07, 6.45) is 0. The van der Waals surface area contributed by atoms with Crippen molar-refractivity contribution < 1.29 is 9.15 Å². The van der Waals surface area contributed by atoms with Gasteiger partial charge in [-0.25, -0.2) is 0 Å². The van der Waals surface area contributed by atoms with Gasteiger partial charge in [0.2, 0.25) is 5.71 Å². The molecule has 0 bridgehead atoms. The van der Waals surface area contributed by atoms with E-state index >= 15 is 0 Å². The third kappa shape index (κ3) is 4.35. The van der Waals surface area contributed by atoms with Gasteiger partial charge >= 0.3 is 0 Å². The third-order valence-electron chi connectivity index (χ3n) is 11.1. The molecule has 5 heteroatoms. The Balaban J connectivity index is 1.02. The second-order valence-corrected chi connectivity index (χ2v) is 14.1. The van der Waals surface area contributed by atoms with Gasteiger partial charge in [-0.2, -0.15) is 0 Å². The van der Waals surface area contributed by atoms with E-state index in [2.05, 4.69) is 172 Å². The molecule has 0 aliphatic carbocycles. The first-order valence-corrected chi connectivity index (χ1v) is 18.6. The number of anilines is 3. The minimum absolute atomic E-state index is 0.845. The summed E-state index contributed by atoms with van der Waals surface area (Å²) < 4.78 is 17.6. The van der Waals surface area contributed by atoms with Gasteiger partial charge in [0.25, 0.3) is 0 Å². The number of fused-ring (bicyclic) bond motifs is 10. The Morgan fingerprint density at radius 2 is 1.02 bits per heavy atom. The van der Waals surface area contributed by atoms with Crippen molar-refractivity contribution in [2.45, 2.75) is 0 Å². The molecule has 3 aromatic heterocycles. The van der Waals surface area contributed by atoms with Crippen molar-refractivity contribution in [3.05, 3.63) is 188 Å². The molecule has 0 N–H and O–H groups in total. The lowest BCUT2D eigenvalue weighted by molar-refractivity contribution is 0.477. The van der Waals surface area contributed by atoms with E-state index in [-0.39, 0.29) is 0 Å². The number of para-hydroxylation sites is 8. The maximum Gasteiger partial charge on any atom is 0.213 e. The molecule has 8 aromatic carbocycles. The quantitative estimate of drug-likeness (QED) is 0.183. The van der Waals surface area contributed by atoms with Crippen LogP contribution in [0, 0.1) is 0 Å². The summed E-state index contributed by atoms with van der Waals surface area (Å²) >= 11 is 0. The molecule has 12 rings (SSSR count). The molecule has 1 aliphatic heterocycles. The number of aromatic nitrogens is 2. The molecule has 0 fully saturated rings. The van der Waals surface area contributed by atoms with Gasteiger partial charge in [0.05, 0.1) is 33.3 Å². The minimum atomic E-state index is 0.845. The molecule has 5 nitrogen and oxygen atoms in total. The van der Waals surface area contributed by atoms with Crippen LogP contribution in [0.25, 0.3) is 77.3 Å². The highest BCUT2D eigenvalue weighted by Crippen LogP contribution is 2.51. The van der Waals surface area contributed by atoms with Gasteiger partial charge in [-0.3, -0.25) is 4.57 Å². The topological polar surface area (TPSA) is 35.5 Å². The maximum atomic E-state index is 6.60. The Kier molecular flexibility index (Phi) is 6.27. The number of nitrogens with zero attached hydrogens (tertiary/aromatic N) is 3. The molecule has 11 aromatic rings. The molecule has 0 saturated heterocycles. The lowest BCUT2D eigenvalue weighted by Gasteiger charge is -2.32. The number of rotatable bonds is 4. The number of furan rings is 1. The molecule has 0 radical (unpaired) electrons. The normalized spacial score (nSPS) is 12.5. The van der Waals surface area contributed by atoms with Crippen molar-refractivity contribution in [3.8, 4) is 34.0 Å². The van der Waals surface area contributed by atoms with Crippen LogP contribution in [-0.2, 0) is 0 Å². The highest BCUT2D eigenvalue weighted by atomic mass is 16.5. The van der Waals surface area contributed by atoms with Crippen molar-refractivity contribution in [1.82, 2.24) is 9.13 Å². The van der Waals surface area contributed by atoms with Crippen LogP contribution < -0.4 is 9.64 Å². The van der Waals surface area contributed by atoms with Gasteiger partial charge in [0.15, 0.2) is 11.5 Å². The van der Waals surface area contributed by atoms with Crippen LogP contribution in [0.1, 0.15) is 0 Å². The summed E-state index contributed by atoms with van der Waals surface area (Å²) in [4.78, 5) is 2.31. The van der Waals surface area contributed by atoms with Crippen LogP contribution in [0.3, 0.4) is 0 Å². The zero-order valence-corrected chi connectivity index (χ0v) is 29.6. The minimum Gasteiger partial charge on any atom is -0.453 e. The second-order valence-electron chi connectivity index (χ2n) is 14.1. The van der Waals surface area contributed by atoms with E-state index in [4.69, 9.17) is 9.15 Å². The molecule has 258 valence electrons. The zero-order valence-electron chi connectivity index (χ0n) is 29.6. The molecule has 0 saturated carbocycles. The Hall–Kier alpha value is -7.50. The molecule has 0 amide bonds. The van der Waals surface area contributed by atoms with Crippen LogP contribution in [-0.4, -0.2) is 9.13 Å². The van der Waals surface area contributed by atoms with Crippen molar-refractivity contribution in [2.75, 3.05) is 4.90 Å². The molecular weight excluding hydrogens is 675 g/mol. The summed E-state index contributed by atoms with van der Waals surface area (Å²) in [5.41, 5.74) is 12.8. The Morgan fingerprint density at radius 3 is 1.82 bits per heavy atom. The van der Waals surface area contributed by atoms with E-state index in [0.717, 1.165) is 89.7 Å². The fourth-order valence-electron chi connectivity index (χ4n) is 8.75. The lowest BCUT2D eigenvalue weighted by atomic mass is 10.0. The molecule has 0 atom stereocenters. The second kappa shape index (κ2) is 11.5. The lowest BCUT2D eigenvalue weighted by Crippen LogP contribution is -2.15. The van der Waals surface area contributed by atoms with Crippen LogP contribution in [0.2, 0.25) is 0 Å². The summed E-state index contributed by atoms with van der Waals surface area (Å²) in [7, 11) is 0. The van der Waals surface area contributed by atoms with Crippen molar-refractivity contribution in [3.63, 3.8) is 0 Å². The van der Waals surface area contributed by atoms with Gasteiger partial charge in [-0.05, 0) is 84.4 Å². The van der Waals surface area contributed by atoms with Crippen molar-refractivity contribution >= 4 is 71.8 Å². The Bertz CT molecular complexity index is 3250. The standard InChI is InChI=1S/C50H31N3O2/c1-2-13-33(14-3-1)53-49-36(17-12-18-39(49)48-38-16-5-9-22-45(38)55-50(48)53)32-25-27-34(28-26-32)51-41-19-6-4-15-37(41)40-31-35(29-30-42(40)51)52-43-20-7-10-23-46(43)54-47-24-11-8-21-44(47)52/h1-31H.